The third kappa shape index (κ3) is 3.46. The summed E-state index contributed by atoms with van der Waals surface area (Å²) in [7, 11) is 1.48. The molecule has 2 heterocycles. The maximum atomic E-state index is 12.8. The van der Waals surface area contributed by atoms with E-state index in [0.717, 1.165) is 0 Å². The Morgan fingerprint density at radius 2 is 1.90 bits per heavy atom. The van der Waals surface area contributed by atoms with E-state index in [1.807, 2.05) is 18.2 Å². The van der Waals surface area contributed by atoms with Crippen LogP contribution in [0.15, 0.2) is 75.8 Å². The van der Waals surface area contributed by atoms with Crippen molar-refractivity contribution in [2.45, 2.75) is 6.92 Å². The minimum atomic E-state index is -0.482. The molecule has 150 valence electrons. The van der Waals surface area contributed by atoms with Gasteiger partial charge >= 0.3 is 0 Å². The number of nitro benzene ring substituents is 1. The van der Waals surface area contributed by atoms with Gasteiger partial charge in [-0.3, -0.25) is 14.9 Å². The molecule has 4 rings (SSSR count). The monoisotopic (exact) mass is 403 g/mol. The van der Waals surface area contributed by atoms with Gasteiger partial charge in [0, 0.05) is 12.1 Å². The van der Waals surface area contributed by atoms with Crippen molar-refractivity contribution in [1.82, 2.24) is 0 Å². The van der Waals surface area contributed by atoms with Crippen LogP contribution < -0.4 is 9.75 Å². The zero-order chi connectivity index (χ0) is 21.3. The summed E-state index contributed by atoms with van der Waals surface area (Å²) in [4.78, 5) is 23.5. The number of amides is 1. The number of carbonyl (C=O) groups is 1. The Morgan fingerprint density at radius 1 is 1.13 bits per heavy atom. The lowest BCUT2D eigenvalue weighted by molar-refractivity contribution is -0.384. The average molecular weight is 403 g/mol. The number of benzene rings is 2. The predicted octanol–water partition coefficient (Wildman–Crippen LogP) is 4.67. The first-order valence-electron chi connectivity index (χ1n) is 9.07. The van der Waals surface area contributed by atoms with Gasteiger partial charge in [0.2, 0.25) is 0 Å². The van der Waals surface area contributed by atoms with Gasteiger partial charge in [0.25, 0.3) is 11.6 Å². The highest BCUT2D eigenvalue weighted by Crippen LogP contribution is 2.35. The van der Waals surface area contributed by atoms with Gasteiger partial charge in [-0.2, -0.15) is 10.1 Å². The van der Waals surface area contributed by atoms with Crippen molar-refractivity contribution in [1.29, 1.82) is 0 Å². The van der Waals surface area contributed by atoms with Crippen molar-refractivity contribution in [2.24, 2.45) is 5.10 Å². The molecule has 0 saturated carbocycles. The molecule has 8 nitrogen and oxygen atoms in total. The standard InChI is InChI=1S/C22H17N3O5/c1-14-18(22(26)24(23-14)15-6-4-3-5-7-15)13-17-9-11-21(30-17)19-12-16(25(27)28)8-10-20(19)29-2/h3-13H,1-2H3/b18-13-. The number of ether oxygens (including phenoxy) is 1. The summed E-state index contributed by atoms with van der Waals surface area (Å²) in [5.74, 6) is 0.998. The van der Waals surface area contributed by atoms with Crippen molar-refractivity contribution >= 4 is 29.1 Å². The van der Waals surface area contributed by atoms with E-state index in [0.29, 0.717) is 39.8 Å². The fraction of sp³-hybridized carbons (Fsp3) is 0.0909. The Kier molecular flexibility index (Phi) is 4.89. The summed E-state index contributed by atoms with van der Waals surface area (Å²) in [5.41, 5.74) is 2.02. The molecule has 3 aromatic rings. The first-order chi connectivity index (χ1) is 14.5. The van der Waals surface area contributed by atoms with Gasteiger partial charge < -0.3 is 9.15 Å². The summed E-state index contributed by atoms with van der Waals surface area (Å²) < 4.78 is 11.1. The van der Waals surface area contributed by atoms with E-state index >= 15 is 0 Å². The van der Waals surface area contributed by atoms with Crippen molar-refractivity contribution in [3.63, 3.8) is 0 Å². The van der Waals surface area contributed by atoms with Crippen molar-refractivity contribution in [2.75, 3.05) is 12.1 Å². The summed E-state index contributed by atoms with van der Waals surface area (Å²) >= 11 is 0. The molecule has 0 fully saturated rings. The van der Waals surface area contributed by atoms with Crippen LogP contribution in [0.1, 0.15) is 12.7 Å². The lowest BCUT2D eigenvalue weighted by Gasteiger charge is -2.10. The van der Waals surface area contributed by atoms with Crippen molar-refractivity contribution < 1.29 is 18.9 Å². The zero-order valence-electron chi connectivity index (χ0n) is 16.2. The highest BCUT2D eigenvalue weighted by atomic mass is 16.6. The SMILES string of the molecule is COc1ccc([N+](=O)[O-])cc1-c1ccc(/C=C2\C(=O)N(c3ccccc3)N=C2C)o1. The fourth-order valence-corrected chi connectivity index (χ4v) is 3.15. The Labute approximate surface area is 171 Å². The van der Waals surface area contributed by atoms with E-state index in [-0.39, 0.29) is 11.6 Å². The van der Waals surface area contributed by atoms with Crippen LogP contribution in [0, 0.1) is 10.1 Å². The van der Waals surface area contributed by atoms with Gasteiger partial charge in [-0.05, 0) is 43.3 Å². The normalized spacial score (nSPS) is 14.9. The van der Waals surface area contributed by atoms with Crippen LogP contribution in [0.5, 0.6) is 5.75 Å². The number of hydrogen-bond acceptors (Lipinski definition) is 6. The molecule has 0 bridgehead atoms. The fourth-order valence-electron chi connectivity index (χ4n) is 3.15. The third-order valence-corrected chi connectivity index (χ3v) is 4.64. The number of rotatable bonds is 5. The second kappa shape index (κ2) is 7.67. The van der Waals surface area contributed by atoms with Gasteiger partial charge in [-0.1, -0.05) is 18.2 Å². The van der Waals surface area contributed by atoms with Gasteiger partial charge in [-0.25, -0.2) is 0 Å². The largest absolute Gasteiger partial charge is 0.496 e. The molecular weight excluding hydrogens is 386 g/mol. The maximum Gasteiger partial charge on any atom is 0.280 e. The number of hydrazone groups is 1. The number of para-hydroxylation sites is 1. The van der Waals surface area contributed by atoms with E-state index < -0.39 is 4.92 Å². The Bertz CT molecular complexity index is 1190. The molecule has 0 N–H and O–H groups in total. The second-order valence-electron chi connectivity index (χ2n) is 6.54. The van der Waals surface area contributed by atoms with E-state index in [1.165, 1.54) is 30.3 Å². The molecule has 0 radical (unpaired) electrons. The number of nitro groups is 1. The van der Waals surface area contributed by atoms with Gasteiger partial charge in [-0.15, -0.1) is 0 Å². The highest BCUT2D eigenvalue weighted by molar-refractivity contribution is 6.32. The molecule has 1 amide bonds. The van der Waals surface area contributed by atoms with Crippen LogP contribution in [-0.2, 0) is 4.79 Å². The van der Waals surface area contributed by atoms with Gasteiger partial charge in [0.1, 0.15) is 17.3 Å². The first-order valence-corrected chi connectivity index (χ1v) is 9.07. The molecule has 0 saturated heterocycles. The smallest absolute Gasteiger partial charge is 0.280 e. The third-order valence-electron chi connectivity index (χ3n) is 4.64. The number of methoxy groups -OCH3 is 1. The minimum Gasteiger partial charge on any atom is -0.496 e. The van der Waals surface area contributed by atoms with Crippen LogP contribution in [0.2, 0.25) is 0 Å². The predicted molar refractivity (Wildman–Crippen MR) is 112 cm³/mol. The summed E-state index contributed by atoms with van der Waals surface area (Å²) in [6, 6.07) is 16.8. The van der Waals surface area contributed by atoms with Gasteiger partial charge in [0.15, 0.2) is 0 Å². The van der Waals surface area contributed by atoms with E-state index in [4.69, 9.17) is 9.15 Å². The molecule has 0 aliphatic carbocycles. The molecule has 2 aromatic carbocycles. The molecule has 1 aliphatic rings. The summed E-state index contributed by atoms with van der Waals surface area (Å²) in [6.07, 6.45) is 1.61. The average Bonchev–Trinajstić information content (AvgIpc) is 3.34. The number of furan rings is 1. The summed E-state index contributed by atoms with van der Waals surface area (Å²) in [5, 5.41) is 16.8. The van der Waals surface area contributed by atoms with E-state index in [2.05, 4.69) is 5.10 Å². The van der Waals surface area contributed by atoms with Crippen LogP contribution in [-0.4, -0.2) is 23.7 Å². The number of nitrogens with zero attached hydrogens (tertiary/aromatic N) is 3. The molecule has 8 heteroatoms. The molecular formula is C22H17N3O5. The second-order valence-corrected chi connectivity index (χ2v) is 6.54. The molecule has 1 aromatic heterocycles. The number of carbonyl (C=O) groups excluding carboxylic acids is 1. The lowest BCUT2D eigenvalue weighted by atomic mass is 10.1. The van der Waals surface area contributed by atoms with E-state index in [1.54, 1.807) is 37.3 Å². The Hall–Kier alpha value is -4.20. The Balaban J connectivity index is 1.67. The van der Waals surface area contributed by atoms with Crippen LogP contribution in [0.4, 0.5) is 11.4 Å². The molecule has 30 heavy (non-hydrogen) atoms. The number of non-ortho nitro benzene ring substituents is 1. The van der Waals surface area contributed by atoms with E-state index in [9.17, 15) is 14.9 Å². The lowest BCUT2D eigenvalue weighted by Crippen LogP contribution is -2.21. The highest BCUT2D eigenvalue weighted by Gasteiger charge is 2.29. The Morgan fingerprint density at radius 3 is 2.60 bits per heavy atom. The van der Waals surface area contributed by atoms with Crippen molar-refractivity contribution in [3.8, 4) is 17.1 Å². The molecule has 0 spiro atoms. The molecule has 0 unspecified atom stereocenters. The van der Waals surface area contributed by atoms with Crippen LogP contribution >= 0.6 is 0 Å². The van der Waals surface area contributed by atoms with Crippen LogP contribution in [0.25, 0.3) is 17.4 Å². The first kappa shape index (κ1) is 19.1. The quantitative estimate of drug-likeness (QED) is 0.350. The van der Waals surface area contributed by atoms with Crippen molar-refractivity contribution in [3.05, 3.63) is 82.1 Å². The maximum absolute atomic E-state index is 12.8. The van der Waals surface area contributed by atoms with Gasteiger partial charge in [0.05, 0.1) is 34.6 Å². The zero-order valence-corrected chi connectivity index (χ0v) is 16.2. The topological polar surface area (TPSA) is 98.2 Å². The van der Waals surface area contributed by atoms with Crippen LogP contribution in [0.3, 0.4) is 0 Å². The number of hydrogen-bond donors (Lipinski definition) is 0. The number of anilines is 1. The summed E-state index contributed by atoms with van der Waals surface area (Å²) in [6.45, 7) is 1.75. The minimum absolute atomic E-state index is 0.0745. The molecule has 1 aliphatic heterocycles. The molecule has 0 atom stereocenters.